The van der Waals surface area contributed by atoms with Gasteiger partial charge in [-0.15, -0.1) is 0 Å². The molecule has 1 aromatic carbocycles. The lowest BCUT2D eigenvalue weighted by molar-refractivity contribution is -0.129. The standard InChI is InChI=1S/C13H15NO2/c1-16-11-8-12(15)14-7-6-9-4-2-3-5-10(9)13(11)14/h2-5,11,13H,6-8H2,1H3. The van der Waals surface area contributed by atoms with Crippen molar-refractivity contribution in [3.8, 4) is 0 Å². The predicted octanol–water partition coefficient (Wildman–Crippen LogP) is 1.53. The van der Waals surface area contributed by atoms with E-state index in [1.165, 1.54) is 11.1 Å². The average molecular weight is 217 g/mol. The van der Waals surface area contributed by atoms with Gasteiger partial charge in [0.1, 0.15) is 0 Å². The van der Waals surface area contributed by atoms with Crippen molar-refractivity contribution in [2.24, 2.45) is 0 Å². The van der Waals surface area contributed by atoms with Crippen molar-refractivity contribution in [3.05, 3.63) is 35.4 Å². The van der Waals surface area contributed by atoms with Crippen LogP contribution >= 0.6 is 0 Å². The molecular formula is C13H15NO2. The first-order valence-corrected chi connectivity index (χ1v) is 5.71. The number of nitrogens with zero attached hydrogens (tertiary/aromatic N) is 1. The number of fused-ring (bicyclic) bond motifs is 3. The highest BCUT2D eigenvalue weighted by atomic mass is 16.5. The van der Waals surface area contributed by atoms with Crippen molar-refractivity contribution in [3.63, 3.8) is 0 Å². The van der Waals surface area contributed by atoms with Gasteiger partial charge in [0.15, 0.2) is 0 Å². The Labute approximate surface area is 95.0 Å². The summed E-state index contributed by atoms with van der Waals surface area (Å²) in [5.74, 6) is 0.228. The first-order chi connectivity index (χ1) is 7.81. The molecule has 1 fully saturated rings. The van der Waals surface area contributed by atoms with Crippen molar-refractivity contribution in [2.45, 2.75) is 25.0 Å². The number of hydrogen-bond acceptors (Lipinski definition) is 2. The molecule has 0 spiro atoms. The van der Waals surface area contributed by atoms with Crippen molar-refractivity contribution >= 4 is 5.91 Å². The molecule has 2 unspecified atom stereocenters. The lowest BCUT2D eigenvalue weighted by Crippen LogP contribution is -2.36. The molecule has 1 amide bonds. The minimum Gasteiger partial charge on any atom is -0.378 e. The maximum atomic E-state index is 11.8. The second-order valence-corrected chi connectivity index (χ2v) is 4.46. The van der Waals surface area contributed by atoms with E-state index in [9.17, 15) is 4.79 Å². The number of amides is 1. The van der Waals surface area contributed by atoms with Gasteiger partial charge < -0.3 is 9.64 Å². The summed E-state index contributed by atoms with van der Waals surface area (Å²) in [4.78, 5) is 13.8. The van der Waals surface area contributed by atoms with Crippen molar-refractivity contribution < 1.29 is 9.53 Å². The third kappa shape index (κ3) is 1.28. The number of methoxy groups -OCH3 is 1. The minimum absolute atomic E-state index is 0.0222. The second kappa shape index (κ2) is 3.59. The van der Waals surface area contributed by atoms with Gasteiger partial charge in [0.2, 0.25) is 5.91 Å². The molecule has 0 aromatic heterocycles. The first kappa shape index (κ1) is 9.85. The number of carbonyl (C=O) groups is 1. The topological polar surface area (TPSA) is 29.5 Å². The number of benzene rings is 1. The molecule has 0 bridgehead atoms. The van der Waals surface area contributed by atoms with Crippen LogP contribution in [-0.2, 0) is 16.0 Å². The Morgan fingerprint density at radius 3 is 3.00 bits per heavy atom. The SMILES string of the molecule is COC1CC(=O)N2CCc3ccccc3C12. The second-order valence-electron chi connectivity index (χ2n) is 4.46. The van der Waals surface area contributed by atoms with Gasteiger partial charge >= 0.3 is 0 Å². The number of ether oxygens (including phenoxy) is 1. The van der Waals surface area contributed by atoms with E-state index in [0.717, 1.165) is 13.0 Å². The molecular weight excluding hydrogens is 202 g/mol. The van der Waals surface area contributed by atoms with Crippen LogP contribution in [0.4, 0.5) is 0 Å². The molecule has 2 aliphatic rings. The Morgan fingerprint density at radius 2 is 2.19 bits per heavy atom. The lowest BCUT2D eigenvalue weighted by atomic mass is 9.92. The maximum Gasteiger partial charge on any atom is 0.225 e. The molecule has 1 aromatic rings. The Balaban J connectivity index is 2.06. The van der Waals surface area contributed by atoms with Crippen molar-refractivity contribution in [2.75, 3.05) is 13.7 Å². The molecule has 84 valence electrons. The molecule has 0 aliphatic carbocycles. The zero-order chi connectivity index (χ0) is 11.1. The van der Waals surface area contributed by atoms with E-state index < -0.39 is 0 Å². The Kier molecular flexibility index (Phi) is 2.21. The quantitative estimate of drug-likeness (QED) is 0.714. The monoisotopic (exact) mass is 217 g/mol. The summed E-state index contributed by atoms with van der Waals surface area (Å²) in [5, 5.41) is 0. The van der Waals surface area contributed by atoms with Crippen LogP contribution in [-0.4, -0.2) is 30.6 Å². The van der Waals surface area contributed by atoms with Crippen molar-refractivity contribution in [1.29, 1.82) is 0 Å². The average Bonchev–Trinajstić information content (AvgIpc) is 2.66. The van der Waals surface area contributed by atoms with Crippen LogP contribution in [0.25, 0.3) is 0 Å². The summed E-state index contributed by atoms with van der Waals surface area (Å²) < 4.78 is 5.45. The largest absolute Gasteiger partial charge is 0.378 e. The molecule has 3 heteroatoms. The van der Waals surface area contributed by atoms with Gasteiger partial charge in [0.05, 0.1) is 18.6 Å². The van der Waals surface area contributed by atoms with Crippen LogP contribution in [0.5, 0.6) is 0 Å². The molecule has 2 aliphatic heterocycles. The fourth-order valence-electron chi connectivity index (χ4n) is 2.89. The summed E-state index contributed by atoms with van der Waals surface area (Å²) in [6.07, 6.45) is 1.51. The molecule has 3 nitrogen and oxygen atoms in total. The van der Waals surface area contributed by atoms with E-state index >= 15 is 0 Å². The molecule has 0 radical (unpaired) electrons. The van der Waals surface area contributed by atoms with Gasteiger partial charge in [-0.25, -0.2) is 0 Å². The molecule has 0 N–H and O–H groups in total. The summed E-state index contributed by atoms with van der Waals surface area (Å²) in [6.45, 7) is 0.834. The van der Waals surface area contributed by atoms with Crippen LogP contribution < -0.4 is 0 Å². The zero-order valence-electron chi connectivity index (χ0n) is 9.35. The smallest absolute Gasteiger partial charge is 0.225 e. The molecule has 2 atom stereocenters. The molecule has 3 rings (SSSR count). The van der Waals surface area contributed by atoms with E-state index in [2.05, 4.69) is 18.2 Å². The molecule has 0 saturated carbocycles. The van der Waals surface area contributed by atoms with Crippen LogP contribution in [0.15, 0.2) is 24.3 Å². The number of hydrogen-bond donors (Lipinski definition) is 0. The Morgan fingerprint density at radius 1 is 1.38 bits per heavy atom. The van der Waals surface area contributed by atoms with Crippen LogP contribution in [0.3, 0.4) is 0 Å². The highest BCUT2D eigenvalue weighted by Crippen LogP contribution is 2.39. The van der Waals surface area contributed by atoms with E-state index in [4.69, 9.17) is 4.74 Å². The Bertz CT molecular complexity index is 430. The Hall–Kier alpha value is -1.35. The van der Waals surface area contributed by atoms with Gasteiger partial charge in [-0.05, 0) is 17.5 Å². The van der Waals surface area contributed by atoms with Gasteiger partial charge in [-0.3, -0.25) is 4.79 Å². The number of carbonyl (C=O) groups excluding carboxylic acids is 1. The van der Waals surface area contributed by atoms with Gasteiger partial charge in [0.25, 0.3) is 0 Å². The van der Waals surface area contributed by atoms with E-state index in [-0.39, 0.29) is 18.1 Å². The van der Waals surface area contributed by atoms with Gasteiger partial charge in [0, 0.05) is 13.7 Å². The summed E-state index contributed by atoms with van der Waals surface area (Å²) in [7, 11) is 1.69. The lowest BCUT2D eigenvalue weighted by Gasteiger charge is -2.34. The van der Waals surface area contributed by atoms with Gasteiger partial charge in [-0.2, -0.15) is 0 Å². The highest BCUT2D eigenvalue weighted by Gasteiger charge is 2.43. The molecule has 2 heterocycles. The zero-order valence-corrected chi connectivity index (χ0v) is 9.35. The molecule has 16 heavy (non-hydrogen) atoms. The van der Waals surface area contributed by atoms with Gasteiger partial charge in [-0.1, -0.05) is 24.3 Å². The minimum atomic E-state index is 0.0222. The van der Waals surface area contributed by atoms with Crippen molar-refractivity contribution in [1.82, 2.24) is 4.90 Å². The fraction of sp³-hybridized carbons (Fsp3) is 0.462. The maximum absolute atomic E-state index is 11.8. The first-order valence-electron chi connectivity index (χ1n) is 5.71. The van der Waals surface area contributed by atoms with E-state index in [1.807, 2.05) is 11.0 Å². The van der Waals surface area contributed by atoms with Crippen LogP contribution in [0.1, 0.15) is 23.6 Å². The predicted molar refractivity (Wildman–Crippen MR) is 60.0 cm³/mol. The molecule has 1 saturated heterocycles. The summed E-state index contributed by atoms with van der Waals surface area (Å²) >= 11 is 0. The van der Waals surface area contributed by atoms with E-state index in [1.54, 1.807) is 7.11 Å². The van der Waals surface area contributed by atoms with Crippen LogP contribution in [0, 0.1) is 0 Å². The third-order valence-electron chi connectivity index (χ3n) is 3.68. The van der Waals surface area contributed by atoms with Crippen LogP contribution in [0.2, 0.25) is 0 Å². The number of rotatable bonds is 1. The summed E-state index contributed by atoms with van der Waals surface area (Å²) in [5.41, 5.74) is 2.63. The third-order valence-corrected chi connectivity index (χ3v) is 3.68. The summed E-state index contributed by atoms with van der Waals surface area (Å²) in [6, 6.07) is 8.52. The highest BCUT2D eigenvalue weighted by molar-refractivity contribution is 5.80. The fourth-order valence-corrected chi connectivity index (χ4v) is 2.89. The normalized spacial score (nSPS) is 27.8. The van der Waals surface area contributed by atoms with E-state index in [0.29, 0.717) is 6.42 Å².